The Kier molecular flexibility index (Phi) is 3.96. The van der Waals surface area contributed by atoms with E-state index >= 15 is 0 Å². The van der Waals surface area contributed by atoms with E-state index in [1.54, 1.807) is 0 Å². The molecule has 0 radical (unpaired) electrons. The molecule has 0 saturated heterocycles. The van der Waals surface area contributed by atoms with Crippen molar-refractivity contribution < 1.29 is 19.4 Å². The van der Waals surface area contributed by atoms with Crippen LogP contribution in [0.25, 0.3) is 0 Å². The first-order valence-corrected chi connectivity index (χ1v) is 4.56. The van der Waals surface area contributed by atoms with Gasteiger partial charge in [0.2, 0.25) is 0 Å². The molecule has 3 N–H and O–H groups in total. The second-order valence-corrected chi connectivity index (χ2v) is 3.17. The van der Waals surface area contributed by atoms with E-state index in [9.17, 15) is 9.59 Å². The molecule has 86 valence electrons. The standard InChI is InChI=1S/C10H12N2O4/c1-16-10(15)6-2-3-8(12-5-6)7(11)4-9(13)14/h2-3,5,7H,4,11H2,1H3,(H,13,14). The fraction of sp³-hybridized carbons (Fsp3) is 0.300. The number of rotatable bonds is 4. The fourth-order valence-corrected chi connectivity index (χ4v) is 1.16. The minimum atomic E-state index is -0.994. The average Bonchev–Trinajstić information content (AvgIpc) is 2.27. The smallest absolute Gasteiger partial charge is 0.339 e. The molecule has 0 aliphatic heterocycles. The summed E-state index contributed by atoms with van der Waals surface area (Å²) in [5.41, 5.74) is 6.32. The van der Waals surface area contributed by atoms with Crippen molar-refractivity contribution in [3.8, 4) is 0 Å². The Bertz CT molecular complexity index is 388. The van der Waals surface area contributed by atoms with Crippen LogP contribution in [0.4, 0.5) is 0 Å². The third-order valence-corrected chi connectivity index (χ3v) is 1.98. The summed E-state index contributed by atoms with van der Waals surface area (Å²) in [5.74, 6) is -1.49. The first kappa shape index (κ1) is 12.1. The predicted octanol–water partition coefficient (Wildman–Crippen LogP) is 0.343. The quantitative estimate of drug-likeness (QED) is 0.715. The molecule has 0 fully saturated rings. The van der Waals surface area contributed by atoms with Crippen molar-refractivity contribution in [2.75, 3.05) is 7.11 Å². The number of esters is 1. The lowest BCUT2D eigenvalue weighted by molar-refractivity contribution is -0.137. The van der Waals surface area contributed by atoms with Gasteiger partial charge in [0.1, 0.15) is 0 Å². The van der Waals surface area contributed by atoms with Gasteiger partial charge in [-0.15, -0.1) is 0 Å². The van der Waals surface area contributed by atoms with Crippen LogP contribution in [0.1, 0.15) is 28.5 Å². The number of ether oxygens (including phenoxy) is 1. The van der Waals surface area contributed by atoms with Crippen LogP contribution in [0.5, 0.6) is 0 Å². The lowest BCUT2D eigenvalue weighted by atomic mass is 10.1. The van der Waals surface area contributed by atoms with Crippen LogP contribution in [0.2, 0.25) is 0 Å². The van der Waals surface area contributed by atoms with Crippen LogP contribution in [-0.4, -0.2) is 29.1 Å². The molecule has 6 heteroatoms. The summed E-state index contributed by atoms with van der Waals surface area (Å²) >= 11 is 0. The number of nitrogens with two attached hydrogens (primary N) is 1. The van der Waals surface area contributed by atoms with Gasteiger partial charge in [0.25, 0.3) is 0 Å². The Morgan fingerprint density at radius 2 is 2.25 bits per heavy atom. The normalized spacial score (nSPS) is 11.9. The molecule has 0 saturated carbocycles. The topological polar surface area (TPSA) is 103 Å². The van der Waals surface area contributed by atoms with Crippen molar-refractivity contribution in [1.82, 2.24) is 4.98 Å². The summed E-state index contributed by atoms with van der Waals surface area (Å²) < 4.78 is 4.50. The number of hydrogen-bond donors (Lipinski definition) is 2. The first-order chi connectivity index (χ1) is 7.54. The molecule has 0 aromatic carbocycles. The number of carboxylic acids is 1. The number of carbonyl (C=O) groups excluding carboxylic acids is 1. The van der Waals surface area contributed by atoms with Gasteiger partial charge >= 0.3 is 11.9 Å². The monoisotopic (exact) mass is 224 g/mol. The molecule has 1 atom stereocenters. The molecule has 0 bridgehead atoms. The van der Waals surface area contributed by atoms with E-state index in [0.29, 0.717) is 11.3 Å². The molecule has 6 nitrogen and oxygen atoms in total. The van der Waals surface area contributed by atoms with Crippen LogP contribution in [-0.2, 0) is 9.53 Å². The van der Waals surface area contributed by atoms with Crippen LogP contribution in [0, 0.1) is 0 Å². The van der Waals surface area contributed by atoms with Gasteiger partial charge < -0.3 is 15.6 Å². The third kappa shape index (κ3) is 3.03. The van der Waals surface area contributed by atoms with Gasteiger partial charge in [0.15, 0.2) is 0 Å². The van der Waals surface area contributed by atoms with Crippen molar-refractivity contribution in [2.24, 2.45) is 5.73 Å². The van der Waals surface area contributed by atoms with E-state index in [1.165, 1.54) is 25.4 Å². The predicted molar refractivity (Wildman–Crippen MR) is 54.8 cm³/mol. The van der Waals surface area contributed by atoms with Gasteiger partial charge in [0.05, 0.1) is 30.8 Å². The van der Waals surface area contributed by atoms with Crippen molar-refractivity contribution in [3.63, 3.8) is 0 Å². The van der Waals surface area contributed by atoms with Crippen molar-refractivity contribution in [3.05, 3.63) is 29.6 Å². The summed E-state index contributed by atoms with van der Waals surface area (Å²) in [7, 11) is 1.27. The number of carboxylic acid groups (broad SMARTS) is 1. The zero-order chi connectivity index (χ0) is 12.1. The number of carbonyl (C=O) groups is 2. The summed E-state index contributed by atoms with van der Waals surface area (Å²) in [6.07, 6.45) is 1.10. The van der Waals surface area contributed by atoms with Crippen LogP contribution in [0.3, 0.4) is 0 Å². The molecule has 1 aromatic heterocycles. The molecule has 1 heterocycles. The third-order valence-electron chi connectivity index (χ3n) is 1.98. The number of aliphatic carboxylic acids is 1. The summed E-state index contributed by atoms with van der Waals surface area (Å²) in [6.45, 7) is 0. The second kappa shape index (κ2) is 5.22. The first-order valence-electron chi connectivity index (χ1n) is 4.56. The minimum Gasteiger partial charge on any atom is -0.481 e. The highest BCUT2D eigenvalue weighted by Gasteiger charge is 2.13. The Balaban J connectivity index is 2.78. The van der Waals surface area contributed by atoms with Crippen LogP contribution < -0.4 is 5.73 Å². The summed E-state index contributed by atoms with van der Waals surface area (Å²) in [4.78, 5) is 25.4. The second-order valence-electron chi connectivity index (χ2n) is 3.17. The van der Waals surface area contributed by atoms with E-state index in [4.69, 9.17) is 10.8 Å². The molecule has 1 unspecified atom stereocenters. The Morgan fingerprint density at radius 1 is 1.56 bits per heavy atom. The van der Waals surface area contributed by atoms with E-state index in [-0.39, 0.29) is 6.42 Å². The van der Waals surface area contributed by atoms with Crippen molar-refractivity contribution >= 4 is 11.9 Å². The number of pyridine rings is 1. The molecule has 0 spiro atoms. The molecule has 0 aliphatic rings. The molecular weight excluding hydrogens is 212 g/mol. The SMILES string of the molecule is COC(=O)c1ccc(C(N)CC(=O)O)nc1. The Hall–Kier alpha value is -1.95. The van der Waals surface area contributed by atoms with E-state index in [1.807, 2.05) is 0 Å². The summed E-state index contributed by atoms with van der Waals surface area (Å²) in [5, 5.41) is 8.54. The zero-order valence-electron chi connectivity index (χ0n) is 8.71. The highest BCUT2D eigenvalue weighted by Crippen LogP contribution is 2.12. The minimum absolute atomic E-state index is 0.204. The van der Waals surface area contributed by atoms with Crippen molar-refractivity contribution in [2.45, 2.75) is 12.5 Å². The Morgan fingerprint density at radius 3 is 2.69 bits per heavy atom. The van der Waals surface area contributed by atoms with Crippen molar-refractivity contribution in [1.29, 1.82) is 0 Å². The molecule has 0 aliphatic carbocycles. The molecule has 0 amide bonds. The number of nitrogens with zero attached hydrogens (tertiary/aromatic N) is 1. The van der Waals surface area contributed by atoms with Gasteiger partial charge in [-0.2, -0.15) is 0 Å². The molecule has 1 rings (SSSR count). The fourth-order valence-electron chi connectivity index (χ4n) is 1.16. The van der Waals surface area contributed by atoms with Crippen LogP contribution >= 0.6 is 0 Å². The number of methoxy groups -OCH3 is 1. The largest absolute Gasteiger partial charge is 0.481 e. The number of hydrogen-bond acceptors (Lipinski definition) is 5. The maximum atomic E-state index is 11.1. The van der Waals surface area contributed by atoms with Gasteiger partial charge in [0, 0.05) is 6.20 Å². The van der Waals surface area contributed by atoms with E-state index < -0.39 is 18.0 Å². The van der Waals surface area contributed by atoms with Gasteiger partial charge in [-0.25, -0.2) is 4.79 Å². The average molecular weight is 224 g/mol. The van der Waals surface area contributed by atoms with Crippen LogP contribution in [0.15, 0.2) is 18.3 Å². The molecular formula is C10H12N2O4. The van der Waals surface area contributed by atoms with Gasteiger partial charge in [-0.1, -0.05) is 0 Å². The lowest BCUT2D eigenvalue weighted by Gasteiger charge is -2.08. The molecule has 16 heavy (non-hydrogen) atoms. The number of aromatic nitrogens is 1. The zero-order valence-corrected chi connectivity index (χ0v) is 8.71. The van der Waals surface area contributed by atoms with E-state index in [0.717, 1.165) is 0 Å². The van der Waals surface area contributed by atoms with Gasteiger partial charge in [-0.3, -0.25) is 9.78 Å². The maximum Gasteiger partial charge on any atom is 0.339 e. The molecule has 1 aromatic rings. The highest BCUT2D eigenvalue weighted by molar-refractivity contribution is 5.88. The van der Waals surface area contributed by atoms with E-state index in [2.05, 4.69) is 9.72 Å². The Labute approximate surface area is 92.0 Å². The lowest BCUT2D eigenvalue weighted by Crippen LogP contribution is -2.16. The summed E-state index contributed by atoms with van der Waals surface area (Å²) in [6, 6.07) is 2.33. The highest BCUT2D eigenvalue weighted by atomic mass is 16.5. The maximum absolute atomic E-state index is 11.1. The van der Waals surface area contributed by atoms with Gasteiger partial charge in [-0.05, 0) is 12.1 Å².